The van der Waals surface area contributed by atoms with Crippen molar-refractivity contribution in [1.82, 2.24) is 10.6 Å². The van der Waals surface area contributed by atoms with Gasteiger partial charge in [0.2, 0.25) is 0 Å². The second kappa shape index (κ2) is 12.0. The van der Waals surface area contributed by atoms with Crippen LogP contribution in [-0.4, -0.2) is 37.9 Å². The minimum atomic E-state index is -2.87. The fourth-order valence-corrected chi connectivity index (χ4v) is 2.60. The molecule has 0 saturated carbocycles. The molecule has 8 heteroatoms. The molecule has 0 amide bonds. The number of nitrogens with one attached hydrogen (secondary N) is 2. The Morgan fingerprint density at radius 1 is 1.03 bits per heavy atom. The van der Waals surface area contributed by atoms with Crippen LogP contribution in [0.3, 0.4) is 0 Å². The minimum absolute atomic E-state index is 0.0512. The number of alkyl halides is 2. The summed E-state index contributed by atoms with van der Waals surface area (Å²) >= 11 is 0. The molecule has 1 atom stereocenters. The van der Waals surface area contributed by atoms with Crippen LogP contribution in [0.25, 0.3) is 0 Å². The van der Waals surface area contributed by atoms with Crippen molar-refractivity contribution in [2.75, 3.05) is 20.2 Å². The predicted molar refractivity (Wildman–Crippen MR) is 108 cm³/mol. The molecule has 0 fully saturated rings. The number of aliphatic hydroxyl groups excluding tert-OH is 1. The van der Waals surface area contributed by atoms with E-state index in [1.54, 1.807) is 19.2 Å². The highest BCUT2D eigenvalue weighted by atomic mass is 19.3. The molecule has 0 aliphatic carbocycles. The van der Waals surface area contributed by atoms with Crippen molar-refractivity contribution in [3.05, 3.63) is 65.2 Å². The maximum Gasteiger partial charge on any atom is 0.387 e. The monoisotopic (exact) mass is 407 g/mol. The zero-order valence-corrected chi connectivity index (χ0v) is 16.6. The van der Waals surface area contributed by atoms with Crippen LogP contribution in [-0.2, 0) is 17.9 Å². The molecule has 0 radical (unpaired) electrons. The molecule has 0 saturated heterocycles. The second-order valence-electron chi connectivity index (χ2n) is 6.29. The van der Waals surface area contributed by atoms with Gasteiger partial charge in [0.15, 0.2) is 5.96 Å². The summed E-state index contributed by atoms with van der Waals surface area (Å²) in [4.78, 5) is 4.52. The molecule has 0 bridgehead atoms. The van der Waals surface area contributed by atoms with Crippen LogP contribution in [0.15, 0.2) is 53.5 Å². The third-order valence-electron chi connectivity index (χ3n) is 4.05. The Morgan fingerprint density at radius 3 is 2.28 bits per heavy atom. The third kappa shape index (κ3) is 8.05. The van der Waals surface area contributed by atoms with E-state index in [9.17, 15) is 13.9 Å². The molecule has 2 aromatic rings. The Bertz CT molecular complexity index is 753. The van der Waals surface area contributed by atoms with Crippen LogP contribution in [0.5, 0.6) is 5.75 Å². The van der Waals surface area contributed by atoms with Crippen molar-refractivity contribution in [2.45, 2.75) is 32.8 Å². The average Bonchev–Trinajstić information content (AvgIpc) is 2.71. The zero-order chi connectivity index (χ0) is 21.1. The molecule has 158 valence electrons. The highest BCUT2D eigenvalue weighted by Gasteiger charge is 2.10. The first-order valence-corrected chi connectivity index (χ1v) is 9.33. The van der Waals surface area contributed by atoms with E-state index in [1.807, 2.05) is 31.2 Å². The van der Waals surface area contributed by atoms with E-state index < -0.39 is 12.7 Å². The molecule has 1 unspecified atom stereocenters. The van der Waals surface area contributed by atoms with Gasteiger partial charge in [-0.2, -0.15) is 8.78 Å². The topological polar surface area (TPSA) is 75.1 Å². The van der Waals surface area contributed by atoms with Gasteiger partial charge in [0.1, 0.15) is 5.75 Å². The Labute approximate surface area is 169 Å². The number of aliphatic imine (C=N–C) groups is 1. The summed E-state index contributed by atoms with van der Waals surface area (Å²) in [5, 5.41) is 16.5. The smallest absolute Gasteiger partial charge is 0.387 e. The number of rotatable bonds is 10. The first kappa shape index (κ1) is 22.6. The molecule has 2 aromatic carbocycles. The molecule has 0 spiro atoms. The van der Waals surface area contributed by atoms with Crippen molar-refractivity contribution in [2.24, 2.45) is 4.99 Å². The van der Waals surface area contributed by atoms with Crippen LogP contribution >= 0.6 is 0 Å². The molecule has 29 heavy (non-hydrogen) atoms. The van der Waals surface area contributed by atoms with E-state index in [0.29, 0.717) is 31.2 Å². The molecule has 6 nitrogen and oxygen atoms in total. The van der Waals surface area contributed by atoms with E-state index in [-0.39, 0.29) is 12.3 Å². The average molecular weight is 407 g/mol. The predicted octanol–water partition coefficient (Wildman–Crippen LogP) is 3.22. The summed E-state index contributed by atoms with van der Waals surface area (Å²) in [6.07, 6.45) is -0.826. The lowest BCUT2D eigenvalue weighted by Gasteiger charge is -2.16. The largest absolute Gasteiger partial charge is 0.435 e. The number of aliphatic hydroxyl groups is 1. The van der Waals surface area contributed by atoms with E-state index in [4.69, 9.17) is 4.74 Å². The van der Waals surface area contributed by atoms with Gasteiger partial charge in [0.05, 0.1) is 19.3 Å². The Hall–Kier alpha value is -2.71. The number of guanidine groups is 1. The van der Waals surface area contributed by atoms with E-state index in [0.717, 1.165) is 11.1 Å². The van der Waals surface area contributed by atoms with Crippen LogP contribution in [0.2, 0.25) is 0 Å². The summed E-state index contributed by atoms with van der Waals surface area (Å²) < 4.78 is 33.8. The highest BCUT2D eigenvalue weighted by molar-refractivity contribution is 5.79. The Balaban J connectivity index is 1.90. The quantitative estimate of drug-likeness (QED) is 0.417. The minimum Gasteiger partial charge on any atom is -0.435 e. The van der Waals surface area contributed by atoms with E-state index >= 15 is 0 Å². The molecular formula is C21H27F2N3O3. The number of nitrogens with zero attached hydrogens (tertiary/aromatic N) is 1. The van der Waals surface area contributed by atoms with Gasteiger partial charge in [-0.1, -0.05) is 36.4 Å². The summed E-state index contributed by atoms with van der Waals surface area (Å²) in [7, 11) is 1.66. The SMILES string of the molecule is CCNC(=NCc1ccc(COC)cc1)NCC(O)c1ccc(OC(F)F)cc1. The summed E-state index contributed by atoms with van der Waals surface area (Å²) in [5.74, 6) is 0.625. The number of hydrogen-bond acceptors (Lipinski definition) is 4. The van der Waals surface area contributed by atoms with Gasteiger partial charge < -0.3 is 25.2 Å². The van der Waals surface area contributed by atoms with Crippen LogP contribution in [0.4, 0.5) is 8.78 Å². The molecule has 0 aromatic heterocycles. The maximum absolute atomic E-state index is 12.2. The van der Waals surface area contributed by atoms with Gasteiger partial charge in [-0.3, -0.25) is 0 Å². The first-order chi connectivity index (χ1) is 14.0. The van der Waals surface area contributed by atoms with Crippen LogP contribution in [0, 0.1) is 0 Å². The lowest BCUT2D eigenvalue weighted by molar-refractivity contribution is -0.0498. The number of halogens is 2. The van der Waals surface area contributed by atoms with Gasteiger partial charge in [-0.05, 0) is 35.7 Å². The van der Waals surface area contributed by atoms with Gasteiger partial charge in [-0.25, -0.2) is 4.99 Å². The van der Waals surface area contributed by atoms with Gasteiger partial charge in [0.25, 0.3) is 0 Å². The number of ether oxygens (including phenoxy) is 2. The van der Waals surface area contributed by atoms with Gasteiger partial charge in [0, 0.05) is 20.2 Å². The summed E-state index contributed by atoms with van der Waals surface area (Å²) in [6.45, 7) is 1.03. The molecular weight excluding hydrogens is 380 g/mol. The fourth-order valence-electron chi connectivity index (χ4n) is 2.60. The normalized spacial score (nSPS) is 12.7. The van der Waals surface area contributed by atoms with Crippen LogP contribution < -0.4 is 15.4 Å². The number of hydrogen-bond donors (Lipinski definition) is 3. The number of methoxy groups -OCH3 is 1. The van der Waals surface area contributed by atoms with Crippen molar-refractivity contribution < 1.29 is 23.4 Å². The molecule has 2 rings (SSSR count). The molecule has 0 heterocycles. The maximum atomic E-state index is 12.2. The van der Waals surface area contributed by atoms with E-state index in [1.165, 1.54) is 12.1 Å². The highest BCUT2D eigenvalue weighted by Crippen LogP contribution is 2.19. The van der Waals surface area contributed by atoms with Crippen molar-refractivity contribution in [1.29, 1.82) is 0 Å². The van der Waals surface area contributed by atoms with Crippen molar-refractivity contribution in [3.63, 3.8) is 0 Å². The van der Waals surface area contributed by atoms with Gasteiger partial charge >= 0.3 is 6.61 Å². The lowest BCUT2D eigenvalue weighted by Crippen LogP contribution is -2.39. The summed E-state index contributed by atoms with van der Waals surface area (Å²) in [6, 6.07) is 13.9. The fraction of sp³-hybridized carbons (Fsp3) is 0.381. The van der Waals surface area contributed by atoms with Crippen molar-refractivity contribution >= 4 is 5.96 Å². The number of benzene rings is 2. The molecule has 0 aliphatic heterocycles. The zero-order valence-electron chi connectivity index (χ0n) is 16.6. The lowest BCUT2D eigenvalue weighted by atomic mass is 10.1. The third-order valence-corrected chi connectivity index (χ3v) is 4.05. The standard InChI is InChI=1S/C21H27F2N3O3/c1-3-24-21(25-12-15-4-6-16(7-5-15)14-28-2)26-13-19(27)17-8-10-18(11-9-17)29-20(22)23/h4-11,19-20,27H,3,12-14H2,1-2H3,(H2,24,25,26). The van der Waals surface area contributed by atoms with Crippen LogP contribution in [0.1, 0.15) is 29.7 Å². The van der Waals surface area contributed by atoms with Crippen molar-refractivity contribution in [3.8, 4) is 5.75 Å². The Kier molecular flexibility index (Phi) is 9.33. The Morgan fingerprint density at radius 2 is 1.69 bits per heavy atom. The molecule has 0 aliphatic rings. The first-order valence-electron chi connectivity index (χ1n) is 9.33. The van der Waals surface area contributed by atoms with Gasteiger partial charge in [-0.15, -0.1) is 0 Å². The van der Waals surface area contributed by atoms with E-state index in [2.05, 4.69) is 20.4 Å². The molecule has 3 N–H and O–H groups in total. The summed E-state index contributed by atoms with van der Waals surface area (Å²) in [5.41, 5.74) is 2.74. The second-order valence-corrected chi connectivity index (χ2v) is 6.29.